The van der Waals surface area contributed by atoms with Crippen molar-refractivity contribution in [1.82, 2.24) is 68.5 Å². The van der Waals surface area contributed by atoms with Crippen molar-refractivity contribution in [2.75, 3.05) is 13.2 Å². The maximum atomic E-state index is 14.4. The Hall–Kier alpha value is -10.3. The molecule has 0 aliphatic heterocycles. The number of hydrogen-bond acceptors (Lipinski definition) is 19. The largest absolute Gasteiger partial charge is 0.481 e. The quantitative estimate of drug-likeness (QED) is 0.0168. The third-order valence-electron chi connectivity index (χ3n) is 15.6. The lowest BCUT2D eigenvalue weighted by Crippen LogP contribution is -2.61. The number of aliphatic carboxylic acids is 3. The first kappa shape index (κ1) is 85.8. The Bertz CT molecular complexity index is 3130. The molecule has 0 bridgehead atoms. The van der Waals surface area contributed by atoms with Crippen LogP contribution in [0.15, 0.2) is 47.8 Å². The predicted octanol–water partition coefficient (Wildman–Crippen LogP) is -4.84. The van der Waals surface area contributed by atoms with Crippen molar-refractivity contribution in [3.63, 3.8) is 0 Å². The molecule has 0 fully saturated rings. The van der Waals surface area contributed by atoms with Crippen molar-refractivity contribution in [3.05, 3.63) is 54.1 Å². The Labute approximate surface area is 578 Å². The molecule has 1 aromatic heterocycles. The number of nitrogens with zero attached hydrogens (tertiary/aromatic N) is 2. The minimum Gasteiger partial charge on any atom is -0.481 e. The summed E-state index contributed by atoms with van der Waals surface area (Å²) in [6, 6.07) is -10.2. The van der Waals surface area contributed by atoms with Crippen LogP contribution in [0.1, 0.15) is 137 Å². The number of carboxylic acids is 3. The van der Waals surface area contributed by atoms with Crippen LogP contribution in [0.2, 0.25) is 0 Å². The fourth-order valence-corrected chi connectivity index (χ4v) is 9.72. The monoisotopic (exact) mass is 1410 g/mol. The molecule has 0 spiro atoms. The normalized spacial score (nSPS) is 15.0. The molecule has 556 valence electrons. The third-order valence-corrected chi connectivity index (χ3v) is 15.6. The van der Waals surface area contributed by atoms with E-state index in [1.54, 1.807) is 65.0 Å². The number of aliphatic imine (C=N–C) groups is 1. The molecule has 0 radical (unpaired) electrons. The number of benzene rings is 1. The Morgan fingerprint density at radius 3 is 1.46 bits per heavy atom. The summed E-state index contributed by atoms with van der Waals surface area (Å²) in [6.45, 7) is 11.7. The van der Waals surface area contributed by atoms with Crippen LogP contribution in [-0.2, 0) is 84.8 Å². The van der Waals surface area contributed by atoms with Crippen LogP contribution in [0, 0.1) is 17.8 Å². The highest BCUT2D eigenvalue weighted by Gasteiger charge is 2.38. The number of carbonyl (C=O) groups excluding carboxylic acids is 12. The van der Waals surface area contributed by atoms with Crippen molar-refractivity contribution < 1.29 is 92.3 Å². The zero-order valence-electron chi connectivity index (χ0n) is 57.4. The molecule has 24 N–H and O–H groups in total. The summed E-state index contributed by atoms with van der Waals surface area (Å²) >= 11 is 0. The number of imidazole rings is 1. The number of aromatic nitrogens is 2. The van der Waals surface area contributed by atoms with E-state index in [0.717, 1.165) is 6.92 Å². The van der Waals surface area contributed by atoms with Crippen LogP contribution in [0.25, 0.3) is 0 Å². The summed E-state index contributed by atoms with van der Waals surface area (Å²) in [5, 5.41) is 65.8. The molecule has 1 heterocycles. The van der Waals surface area contributed by atoms with E-state index in [2.05, 4.69) is 73.4 Å². The SMILES string of the molecule is CCC[C@H](NC(=O)[C@@H](NC(=O)[C@H](CCC(=O)O)NC(=O)[C@H](CO)NC(=O)[C@@H](N)[C@@H](C)CC)C(C)C)C(=O)N[C@@H](CC(C)C)C(=O)N[C@@H](CC(=O)O)C(=O)N[C@@H](C)C(=O)N[C@@H](CCC(=O)O)C(=O)N[C@@H](Cc1ccccc1)C(=O)N[C@@H](CCCN=C(N)N)C(=O)N[C@@H](Cc1cnc[nH]1)C(N)=O. The molecular weight excluding hydrogens is 1310 g/mol. The van der Waals surface area contributed by atoms with E-state index in [4.69, 9.17) is 22.9 Å². The molecule has 37 nitrogen and oxygen atoms in total. The van der Waals surface area contributed by atoms with E-state index in [-0.39, 0.29) is 69.3 Å². The second-order valence-electron chi connectivity index (χ2n) is 24.8. The number of amides is 12. The van der Waals surface area contributed by atoms with E-state index in [1.807, 2.05) is 0 Å². The van der Waals surface area contributed by atoms with Gasteiger partial charge in [0.25, 0.3) is 0 Å². The van der Waals surface area contributed by atoms with Gasteiger partial charge in [-0.05, 0) is 68.8 Å². The second-order valence-corrected chi connectivity index (χ2v) is 24.8. The van der Waals surface area contributed by atoms with E-state index in [9.17, 15) is 92.3 Å². The minimum absolute atomic E-state index is 0.00203. The van der Waals surface area contributed by atoms with Crippen LogP contribution in [0.3, 0.4) is 0 Å². The summed E-state index contributed by atoms with van der Waals surface area (Å²) in [6.07, 6.45) is -0.677. The first-order valence-electron chi connectivity index (χ1n) is 32.7. The minimum atomic E-state index is -1.96. The molecule has 13 atom stereocenters. The van der Waals surface area contributed by atoms with Gasteiger partial charge in [0.15, 0.2) is 5.96 Å². The summed E-state index contributed by atoms with van der Waals surface area (Å²) in [5.41, 5.74) is 23.5. The first-order valence-corrected chi connectivity index (χ1v) is 32.7. The van der Waals surface area contributed by atoms with Gasteiger partial charge in [-0.25, -0.2) is 4.98 Å². The number of nitrogens with one attached hydrogen (secondary N) is 12. The number of carbonyl (C=O) groups is 15. The van der Waals surface area contributed by atoms with Crippen LogP contribution < -0.4 is 81.4 Å². The zero-order chi connectivity index (χ0) is 75.5. The van der Waals surface area contributed by atoms with Gasteiger partial charge >= 0.3 is 17.9 Å². The number of rotatable bonds is 47. The van der Waals surface area contributed by atoms with Crippen molar-refractivity contribution in [2.45, 2.75) is 211 Å². The van der Waals surface area contributed by atoms with Crippen molar-refractivity contribution in [2.24, 2.45) is 45.7 Å². The maximum absolute atomic E-state index is 14.4. The number of carboxylic acid groups (broad SMARTS) is 3. The molecule has 0 aliphatic carbocycles. The maximum Gasteiger partial charge on any atom is 0.305 e. The Balaban J connectivity index is 2.41. The molecule has 1 aromatic carbocycles. The molecule has 0 saturated carbocycles. The molecule has 37 heteroatoms. The fourth-order valence-electron chi connectivity index (χ4n) is 9.72. The fraction of sp³-hybridized carbons (Fsp3) is 0.603. The molecule has 0 aliphatic rings. The molecule has 2 aromatic rings. The van der Waals surface area contributed by atoms with Gasteiger partial charge in [-0.2, -0.15) is 0 Å². The predicted molar refractivity (Wildman–Crippen MR) is 358 cm³/mol. The van der Waals surface area contributed by atoms with Gasteiger partial charge in [-0.3, -0.25) is 76.9 Å². The summed E-state index contributed by atoms with van der Waals surface area (Å²) < 4.78 is 0. The number of aliphatic hydroxyl groups is 1. The standard InChI is InChI=1S/C63H100N18O19/c1-9-15-37(75-62(100)50(32(5)6)81-56(94)40(20-22-47(85)86)74-60(98)45(29-82)80-61(99)49(64)33(7)10-2)53(91)77-42(24-31(3)4)58(96)79-44(27-48(87)88)57(95)71-34(8)52(90)72-39(19-21-46(83)84)55(93)78-43(25-35-16-12-11-13-17-35)59(97)73-38(18-14-23-69-63(66)67)54(92)76-41(51(65)89)26-36-28-68-30-70-36/h11-13,16-17,28,30-34,37-45,49-50,82H,9-10,14-15,18-27,29,64H2,1-8H3,(H2,65,89)(H,68,70)(H,71,95)(H,72,90)(H,73,97)(H,74,98)(H,75,100)(H,76,92)(H,77,91)(H,78,93)(H,79,96)(H,80,99)(H,81,94)(H,83,84)(H,85,86)(H,87,88)(H4,66,67,69)/t33-,34-,37-,38-,39-,40-,41-,42-,43-,44-,45-,49-,50-/m0/s1. The lowest BCUT2D eigenvalue weighted by molar-refractivity contribution is -0.142. The van der Waals surface area contributed by atoms with E-state index < -0.39 is 206 Å². The van der Waals surface area contributed by atoms with Crippen LogP contribution in [-0.4, -0.2) is 211 Å². The number of guanidine groups is 1. The van der Waals surface area contributed by atoms with Gasteiger partial charge in [0, 0.05) is 44.1 Å². The highest BCUT2D eigenvalue weighted by Crippen LogP contribution is 2.14. The van der Waals surface area contributed by atoms with Crippen LogP contribution in [0.4, 0.5) is 0 Å². The van der Waals surface area contributed by atoms with Crippen molar-refractivity contribution in [3.8, 4) is 0 Å². The topological polar surface area (TPSA) is 614 Å². The highest BCUT2D eigenvalue weighted by molar-refractivity contribution is 6.00. The molecular formula is C63H100N18O19. The lowest BCUT2D eigenvalue weighted by Gasteiger charge is -2.29. The van der Waals surface area contributed by atoms with E-state index in [0.29, 0.717) is 17.7 Å². The smallest absolute Gasteiger partial charge is 0.305 e. The van der Waals surface area contributed by atoms with Crippen LogP contribution in [0.5, 0.6) is 0 Å². The summed E-state index contributed by atoms with van der Waals surface area (Å²) in [5.74, 6) is -18.2. The number of aromatic amines is 1. The van der Waals surface area contributed by atoms with Gasteiger partial charge in [0.05, 0.1) is 25.4 Å². The molecule has 0 saturated heterocycles. The Morgan fingerprint density at radius 2 is 0.970 bits per heavy atom. The molecule has 12 amide bonds. The zero-order valence-corrected chi connectivity index (χ0v) is 57.4. The van der Waals surface area contributed by atoms with Crippen molar-refractivity contribution >= 4 is 94.8 Å². The van der Waals surface area contributed by atoms with Gasteiger partial charge in [0.2, 0.25) is 70.9 Å². The lowest BCUT2D eigenvalue weighted by atomic mass is 9.99. The van der Waals surface area contributed by atoms with Gasteiger partial charge < -0.3 is 107 Å². The number of nitrogens with two attached hydrogens (primary N) is 4. The Kier molecular flexibility index (Phi) is 37.6. The van der Waals surface area contributed by atoms with Crippen LogP contribution >= 0.6 is 0 Å². The third kappa shape index (κ3) is 31.5. The highest BCUT2D eigenvalue weighted by atomic mass is 16.4. The number of H-pyrrole nitrogens is 1. The van der Waals surface area contributed by atoms with E-state index in [1.165, 1.54) is 26.4 Å². The van der Waals surface area contributed by atoms with E-state index >= 15 is 0 Å². The average Bonchev–Trinajstić information content (AvgIpc) is 0.896. The summed E-state index contributed by atoms with van der Waals surface area (Å²) in [7, 11) is 0. The van der Waals surface area contributed by atoms with Crippen molar-refractivity contribution in [1.29, 1.82) is 0 Å². The van der Waals surface area contributed by atoms with Gasteiger partial charge in [-0.15, -0.1) is 0 Å². The first-order chi connectivity index (χ1) is 47.0. The van der Waals surface area contributed by atoms with Gasteiger partial charge in [-0.1, -0.05) is 91.6 Å². The van der Waals surface area contributed by atoms with Gasteiger partial charge in [0.1, 0.15) is 66.5 Å². The number of primary amides is 1. The Morgan fingerprint density at radius 1 is 0.510 bits per heavy atom. The molecule has 0 unspecified atom stereocenters. The number of aliphatic hydroxyl groups excluding tert-OH is 1. The average molecular weight is 1410 g/mol. The number of hydrogen-bond donors (Lipinski definition) is 20. The molecule has 2 rings (SSSR count). The molecule has 100 heavy (non-hydrogen) atoms. The second kappa shape index (κ2) is 43.8. The summed E-state index contributed by atoms with van der Waals surface area (Å²) in [4.78, 5) is 212.